The van der Waals surface area contributed by atoms with Gasteiger partial charge in [-0.3, -0.25) is 4.79 Å². The molecule has 0 fully saturated rings. The summed E-state index contributed by atoms with van der Waals surface area (Å²) in [6.45, 7) is 6.64. The van der Waals surface area contributed by atoms with E-state index in [2.05, 4.69) is 24.5 Å². The van der Waals surface area contributed by atoms with Crippen molar-refractivity contribution in [1.29, 1.82) is 0 Å². The van der Waals surface area contributed by atoms with E-state index in [1.807, 2.05) is 42.5 Å². The number of carbonyl (C=O) groups is 2. The molecule has 4 rings (SSSR count). The van der Waals surface area contributed by atoms with Crippen molar-refractivity contribution in [2.45, 2.75) is 45.9 Å². The number of benzene rings is 3. The normalized spacial score (nSPS) is 14.9. The van der Waals surface area contributed by atoms with E-state index in [4.69, 9.17) is 14.2 Å². The number of carbonyl (C=O) groups excluding carboxylic acids is 2. The first-order valence-electron chi connectivity index (χ1n) is 12.2. The van der Waals surface area contributed by atoms with Crippen LogP contribution in [0.2, 0.25) is 0 Å². The fraction of sp³-hybridized carbons (Fsp3) is 0.310. The zero-order valence-corrected chi connectivity index (χ0v) is 21.8. The van der Waals surface area contributed by atoms with Gasteiger partial charge in [0.15, 0.2) is 6.10 Å². The summed E-state index contributed by atoms with van der Waals surface area (Å²) in [4.78, 5) is 27.5. The zero-order chi connectivity index (χ0) is 26.5. The number of rotatable bonds is 7. The van der Waals surface area contributed by atoms with Crippen molar-refractivity contribution in [3.05, 3.63) is 77.4 Å². The van der Waals surface area contributed by atoms with Crippen LogP contribution in [0.15, 0.2) is 60.7 Å². The summed E-state index contributed by atoms with van der Waals surface area (Å²) in [5.74, 6) is 2.21. The third kappa shape index (κ3) is 6.14. The van der Waals surface area contributed by atoms with E-state index in [-0.39, 0.29) is 11.9 Å². The number of ether oxygens (including phenoxy) is 3. The van der Waals surface area contributed by atoms with Gasteiger partial charge >= 0.3 is 6.03 Å². The Hall–Kier alpha value is -4.20. The maximum atomic E-state index is 13.1. The summed E-state index contributed by atoms with van der Waals surface area (Å²) in [5, 5.41) is 5.73. The van der Waals surface area contributed by atoms with E-state index in [0.717, 1.165) is 11.1 Å². The van der Waals surface area contributed by atoms with Crippen LogP contribution in [0, 0.1) is 0 Å². The second kappa shape index (κ2) is 11.2. The molecule has 0 radical (unpaired) electrons. The largest absolute Gasteiger partial charge is 0.497 e. The molecular formula is C29H33N3O5. The SMILES string of the molecule is COc1ccc(CN2Cc3cc(NC(=O)Nc4ccc(C(C)C)cc4)ccc3O[C@H](C)C2=O)c(OC)c1. The number of hydrogen-bond acceptors (Lipinski definition) is 5. The molecule has 0 spiro atoms. The Bertz CT molecular complexity index is 1270. The van der Waals surface area contributed by atoms with Gasteiger partial charge in [0.1, 0.15) is 17.2 Å². The van der Waals surface area contributed by atoms with E-state index >= 15 is 0 Å². The highest BCUT2D eigenvalue weighted by atomic mass is 16.5. The molecule has 0 bridgehead atoms. The minimum absolute atomic E-state index is 0.133. The summed E-state index contributed by atoms with van der Waals surface area (Å²) < 4.78 is 16.7. The van der Waals surface area contributed by atoms with Crippen LogP contribution in [0.5, 0.6) is 17.2 Å². The molecule has 194 valence electrons. The summed E-state index contributed by atoms with van der Waals surface area (Å²) >= 11 is 0. The lowest BCUT2D eigenvalue weighted by Gasteiger charge is -2.23. The maximum absolute atomic E-state index is 13.1. The molecule has 37 heavy (non-hydrogen) atoms. The Balaban J connectivity index is 1.50. The van der Waals surface area contributed by atoms with Gasteiger partial charge in [-0.05, 0) is 60.9 Å². The van der Waals surface area contributed by atoms with Gasteiger partial charge in [-0.2, -0.15) is 0 Å². The second-order valence-electron chi connectivity index (χ2n) is 9.31. The van der Waals surface area contributed by atoms with Crippen LogP contribution in [-0.2, 0) is 17.9 Å². The first kappa shape index (κ1) is 25.9. The number of nitrogens with one attached hydrogen (secondary N) is 2. The van der Waals surface area contributed by atoms with E-state index in [9.17, 15) is 9.59 Å². The molecule has 1 heterocycles. The highest BCUT2D eigenvalue weighted by Gasteiger charge is 2.29. The van der Waals surface area contributed by atoms with Crippen molar-refractivity contribution in [2.75, 3.05) is 24.9 Å². The number of methoxy groups -OCH3 is 2. The fourth-order valence-corrected chi connectivity index (χ4v) is 4.24. The molecular weight excluding hydrogens is 470 g/mol. The molecule has 0 aromatic heterocycles. The molecule has 2 N–H and O–H groups in total. The summed E-state index contributed by atoms with van der Waals surface area (Å²) in [7, 11) is 3.18. The number of fused-ring (bicyclic) bond motifs is 1. The van der Waals surface area contributed by atoms with Crippen molar-refractivity contribution in [3.63, 3.8) is 0 Å². The van der Waals surface area contributed by atoms with Crippen molar-refractivity contribution >= 4 is 23.3 Å². The molecule has 3 aromatic rings. The summed E-state index contributed by atoms with van der Waals surface area (Å²) in [6.07, 6.45) is -0.651. The van der Waals surface area contributed by atoms with Gasteiger partial charge in [-0.1, -0.05) is 26.0 Å². The van der Waals surface area contributed by atoms with E-state index < -0.39 is 6.10 Å². The van der Waals surface area contributed by atoms with E-state index in [1.165, 1.54) is 5.56 Å². The number of anilines is 2. The third-order valence-corrected chi connectivity index (χ3v) is 6.33. The minimum atomic E-state index is -0.651. The van der Waals surface area contributed by atoms with Crippen LogP contribution >= 0.6 is 0 Å². The number of nitrogens with zero attached hydrogens (tertiary/aromatic N) is 1. The average Bonchev–Trinajstić information content (AvgIpc) is 3.00. The van der Waals surface area contributed by atoms with Crippen molar-refractivity contribution in [2.24, 2.45) is 0 Å². The molecule has 3 amide bonds. The number of hydrogen-bond donors (Lipinski definition) is 2. The first-order chi connectivity index (χ1) is 17.8. The highest BCUT2D eigenvalue weighted by molar-refractivity contribution is 5.99. The Kier molecular flexibility index (Phi) is 7.86. The molecule has 0 aliphatic carbocycles. The van der Waals surface area contributed by atoms with Crippen LogP contribution in [-0.4, -0.2) is 37.2 Å². The van der Waals surface area contributed by atoms with Crippen LogP contribution in [0.1, 0.15) is 43.4 Å². The Morgan fingerprint density at radius 3 is 2.38 bits per heavy atom. The van der Waals surface area contributed by atoms with E-state index in [1.54, 1.807) is 44.2 Å². The lowest BCUT2D eigenvalue weighted by molar-refractivity contribution is -0.138. The Morgan fingerprint density at radius 1 is 1.00 bits per heavy atom. The van der Waals surface area contributed by atoms with Gasteiger partial charge < -0.3 is 29.7 Å². The maximum Gasteiger partial charge on any atom is 0.323 e. The standard InChI is InChI=1S/C29H33N3O5/c1-18(2)20-6-9-23(10-7-20)30-29(34)31-24-11-13-26-22(14-24)17-32(28(33)19(3)37-26)16-21-8-12-25(35-4)15-27(21)36-5/h6-15,18-19H,16-17H2,1-5H3,(H2,30,31,34)/t19-/m1/s1. The molecule has 8 heteroatoms. The van der Waals surface area contributed by atoms with Gasteiger partial charge in [0, 0.05) is 41.7 Å². The van der Waals surface area contributed by atoms with Gasteiger partial charge in [0.05, 0.1) is 14.2 Å². The van der Waals surface area contributed by atoms with Crippen molar-refractivity contribution in [3.8, 4) is 17.2 Å². The van der Waals surface area contributed by atoms with Gasteiger partial charge in [-0.25, -0.2) is 4.79 Å². The third-order valence-electron chi connectivity index (χ3n) is 6.33. The van der Waals surface area contributed by atoms with Crippen LogP contribution < -0.4 is 24.8 Å². The van der Waals surface area contributed by atoms with Gasteiger partial charge in [0.2, 0.25) is 0 Å². The summed E-state index contributed by atoms with van der Waals surface area (Å²) in [6, 6.07) is 18.3. The smallest absolute Gasteiger partial charge is 0.323 e. The van der Waals surface area contributed by atoms with Gasteiger partial charge in [-0.15, -0.1) is 0 Å². The quantitative estimate of drug-likeness (QED) is 0.427. The molecule has 0 saturated heterocycles. The molecule has 3 aromatic carbocycles. The molecule has 0 saturated carbocycles. The monoisotopic (exact) mass is 503 g/mol. The summed E-state index contributed by atoms with van der Waals surface area (Å²) in [5.41, 5.74) is 4.16. The number of urea groups is 1. The molecule has 1 aliphatic heterocycles. The van der Waals surface area contributed by atoms with Crippen LogP contribution in [0.25, 0.3) is 0 Å². The van der Waals surface area contributed by atoms with Crippen molar-refractivity contribution < 1.29 is 23.8 Å². The highest BCUT2D eigenvalue weighted by Crippen LogP contribution is 2.32. The topological polar surface area (TPSA) is 89.1 Å². The molecule has 1 atom stereocenters. The predicted octanol–water partition coefficient (Wildman–Crippen LogP) is 5.78. The average molecular weight is 504 g/mol. The Morgan fingerprint density at radius 2 is 1.70 bits per heavy atom. The molecule has 0 unspecified atom stereocenters. The first-order valence-corrected chi connectivity index (χ1v) is 12.2. The van der Waals surface area contributed by atoms with E-state index in [0.29, 0.717) is 47.6 Å². The number of amides is 3. The van der Waals surface area contributed by atoms with Crippen LogP contribution in [0.4, 0.5) is 16.2 Å². The van der Waals surface area contributed by atoms with Crippen molar-refractivity contribution in [1.82, 2.24) is 4.90 Å². The van der Waals surface area contributed by atoms with Crippen LogP contribution in [0.3, 0.4) is 0 Å². The van der Waals surface area contributed by atoms with Gasteiger partial charge in [0.25, 0.3) is 5.91 Å². The predicted molar refractivity (Wildman–Crippen MR) is 144 cm³/mol. The zero-order valence-electron chi connectivity index (χ0n) is 21.8. The lowest BCUT2D eigenvalue weighted by Crippen LogP contribution is -2.37. The molecule has 1 aliphatic rings. The Labute approximate surface area is 217 Å². The lowest BCUT2D eigenvalue weighted by atomic mass is 10.0. The second-order valence-corrected chi connectivity index (χ2v) is 9.31. The minimum Gasteiger partial charge on any atom is -0.497 e. The fourth-order valence-electron chi connectivity index (χ4n) is 4.24. The molecule has 8 nitrogen and oxygen atoms in total.